The number of nitrogens with one attached hydrogen (secondary N) is 1. The van der Waals surface area contributed by atoms with Gasteiger partial charge in [-0.2, -0.15) is 0 Å². The largest absolute Gasteiger partial charge is 0.469 e. The number of hydrogen-bond donors (Lipinski definition) is 1. The smallest absolute Gasteiger partial charge is 0.310 e. The summed E-state index contributed by atoms with van der Waals surface area (Å²) >= 11 is 0. The quantitative estimate of drug-likeness (QED) is 0.593. The van der Waals surface area contributed by atoms with Gasteiger partial charge in [-0.15, -0.1) is 0 Å². The molecule has 1 aromatic carbocycles. The van der Waals surface area contributed by atoms with Crippen LogP contribution in [0.25, 0.3) is 10.9 Å². The highest BCUT2D eigenvalue weighted by Gasteiger charge is 2.15. The Bertz CT molecular complexity index is 698. The zero-order valence-corrected chi connectivity index (χ0v) is 14.9. The number of carbonyl (C=O) groups is 1. The second-order valence-corrected chi connectivity index (χ2v) is 6.02. The molecule has 0 aliphatic rings. The van der Waals surface area contributed by atoms with Crippen LogP contribution in [0.2, 0.25) is 0 Å². The van der Waals surface area contributed by atoms with Gasteiger partial charge in [0, 0.05) is 35.5 Å². The number of carbonyl (C=O) groups excluding carboxylic acids is 1. The van der Waals surface area contributed by atoms with Gasteiger partial charge < -0.3 is 14.8 Å². The van der Waals surface area contributed by atoms with Crippen LogP contribution < -0.4 is 5.32 Å². The third-order valence-corrected chi connectivity index (χ3v) is 3.82. The summed E-state index contributed by atoms with van der Waals surface area (Å²) in [6.07, 6.45) is 1.35. The topological polar surface area (TPSA) is 60.5 Å². The normalized spacial score (nSPS) is 11.0. The highest BCUT2D eigenvalue weighted by Crippen LogP contribution is 2.29. The lowest BCUT2D eigenvalue weighted by Gasteiger charge is -2.17. The number of pyridine rings is 1. The minimum Gasteiger partial charge on any atom is -0.469 e. The van der Waals surface area contributed by atoms with Gasteiger partial charge in [-0.3, -0.25) is 9.78 Å². The molecule has 1 N–H and O–H groups in total. The molecule has 0 aliphatic carbocycles. The van der Waals surface area contributed by atoms with Crippen molar-refractivity contribution in [2.45, 2.75) is 39.7 Å². The average molecular weight is 330 g/mol. The van der Waals surface area contributed by atoms with Gasteiger partial charge in [0.15, 0.2) is 0 Å². The minimum absolute atomic E-state index is 0.213. The average Bonchev–Trinajstić information content (AvgIpc) is 2.56. The molecule has 5 heteroatoms. The van der Waals surface area contributed by atoms with Crippen molar-refractivity contribution >= 4 is 22.6 Å². The van der Waals surface area contributed by atoms with Crippen LogP contribution in [0, 0.1) is 6.92 Å². The maximum absolute atomic E-state index is 11.8. The maximum Gasteiger partial charge on any atom is 0.310 e. The fourth-order valence-electron chi connectivity index (χ4n) is 2.61. The van der Waals surface area contributed by atoms with Crippen LogP contribution in [-0.2, 0) is 20.7 Å². The third kappa shape index (κ3) is 4.68. The number of anilines is 1. The van der Waals surface area contributed by atoms with Crippen molar-refractivity contribution < 1.29 is 14.3 Å². The molecule has 0 atom stereocenters. The van der Waals surface area contributed by atoms with Crippen molar-refractivity contribution in [1.82, 2.24) is 4.98 Å². The van der Waals surface area contributed by atoms with Crippen LogP contribution in [0.15, 0.2) is 24.3 Å². The molecule has 0 aliphatic heterocycles. The summed E-state index contributed by atoms with van der Waals surface area (Å²) in [5.41, 5.74) is 3.63. The maximum atomic E-state index is 11.8. The van der Waals surface area contributed by atoms with E-state index in [9.17, 15) is 4.79 Å². The minimum atomic E-state index is -0.263. The third-order valence-electron chi connectivity index (χ3n) is 3.82. The lowest BCUT2D eigenvalue weighted by molar-refractivity contribution is -0.139. The Balaban J connectivity index is 2.25. The molecule has 0 saturated carbocycles. The Kier molecular flexibility index (Phi) is 6.55. The number of rotatable bonds is 8. The number of methoxy groups -OCH3 is 1. The van der Waals surface area contributed by atoms with Crippen LogP contribution in [-0.4, -0.2) is 37.3 Å². The number of fused-ring (bicyclic) bond motifs is 1. The molecule has 0 spiro atoms. The number of esters is 1. The van der Waals surface area contributed by atoms with Crippen molar-refractivity contribution in [3.05, 3.63) is 35.5 Å². The van der Waals surface area contributed by atoms with Crippen molar-refractivity contribution in [3.8, 4) is 0 Å². The first-order chi connectivity index (χ1) is 11.5. The molecule has 0 bridgehead atoms. The summed E-state index contributed by atoms with van der Waals surface area (Å²) in [5.74, 6) is -0.263. The summed E-state index contributed by atoms with van der Waals surface area (Å²) in [6, 6.07) is 7.95. The lowest BCUT2D eigenvalue weighted by atomic mass is 10.0. The molecule has 5 nitrogen and oxygen atoms in total. The molecule has 0 amide bonds. The van der Waals surface area contributed by atoms with E-state index in [0.29, 0.717) is 6.61 Å². The summed E-state index contributed by atoms with van der Waals surface area (Å²) < 4.78 is 10.4. The van der Waals surface area contributed by atoms with E-state index in [0.717, 1.165) is 40.8 Å². The fraction of sp³-hybridized carbons (Fsp3) is 0.474. The highest BCUT2D eigenvalue weighted by molar-refractivity contribution is 5.95. The molecule has 0 unspecified atom stereocenters. The van der Waals surface area contributed by atoms with Gasteiger partial charge in [0.1, 0.15) is 0 Å². The summed E-state index contributed by atoms with van der Waals surface area (Å²) in [6.45, 7) is 7.47. The SMILES string of the molecule is COC(=O)Cc1c(C)nc2ccccc2c1NCCCOC(C)C. The van der Waals surface area contributed by atoms with E-state index in [-0.39, 0.29) is 18.5 Å². The molecule has 24 heavy (non-hydrogen) atoms. The lowest BCUT2D eigenvalue weighted by Crippen LogP contribution is -2.14. The van der Waals surface area contributed by atoms with E-state index in [4.69, 9.17) is 9.47 Å². The van der Waals surface area contributed by atoms with Gasteiger partial charge in [-0.05, 0) is 33.3 Å². The Morgan fingerprint density at radius 3 is 2.75 bits per heavy atom. The Morgan fingerprint density at radius 1 is 1.29 bits per heavy atom. The number of ether oxygens (including phenoxy) is 2. The number of hydrogen-bond acceptors (Lipinski definition) is 5. The van der Waals surface area contributed by atoms with Crippen LogP contribution in [0.4, 0.5) is 5.69 Å². The molecular formula is C19H26N2O3. The van der Waals surface area contributed by atoms with Crippen molar-refractivity contribution in [3.63, 3.8) is 0 Å². The molecule has 130 valence electrons. The molecule has 1 heterocycles. The first-order valence-corrected chi connectivity index (χ1v) is 8.33. The van der Waals surface area contributed by atoms with E-state index in [1.54, 1.807) is 0 Å². The summed E-state index contributed by atoms with van der Waals surface area (Å²) in [4.78, 5) is 16.4. The number of nitrogens with zero attached hydrogens (tertiary/aromatic N) is 1. The van der Waals surface area contributed by atoms with Crippen molar-refractivity contribution in [2.24, 2.45) is 0 Å². The van der Waals surface area contributed by atoms with Gasteiger partial charge in [0.05, 0.1) is 25.2 Å². The molecule has 1 aromatic heterocycles. The van der Waals surface area contributed by atoms with E-state index >= 15 is 0 Å². The first-order valence-electron chi connectivity index (χ1n) is 8.33. The molecular weight excluding hydrogens is 304 g/mol. The molecule has 0 radical (unpaired) electrons. The van der Waals surface area contributed by atoms with Crippen molar-refractivity contribution in [2.75, 3.05) is 25.6 Å². The van der Waals surface area contributed by atoms with Crippen LogP contribution in [0.3, 0.4) is 0 Å². The zero-order valence-electron chi connectivity index (χ0n) is 14.9. The monoisotopic (exact) mass is 330 g/mol. The molecule has 0 fully saturated rings. The van der Waals surface area contributed by atoms with E-state index < -0.39 is 0 Å². The second kappa shape index (κ2) is 8.64. The van der Waals surface area contributed by atoms with E-state index in [1.165, 1.54) is 7.11 Å². The number of aromatic nitrogens is 1. The number of para-hydroxylation sites is 1. The number of aryl methyl sites for hydroxylation is 1. The predicted molar refractivity (Wildman–Crippen MR) is 96.4 cm³/mol. The van der Waals surface area contributed by atoms with Crippen LogP contribution in [0.1, 0.15) is 31.5 Å². The molecule has 2 aromatic rings. The Hall–Kier alpha value is -2.14. The van der Waals surface area contributed by atoms with Gasteiger partial charge in [0.2, 0.25) is 0 Å². The second-order valence-electron chi connectivity index (χ2n) is 6.02. The zero-order chi connectivity index (χ0) is 17.5. The summed E-state index contributed by atoms with van der Waals surface area (Å²) in [5, 5.41) is 4.49. The van der Waals surface area contributed by atoms with Gasteiger partial charge in [-0.25, -0.2) is 0 Å². The predicted octanol–water partition coefficient (Wildman–Crippen LogP) is 3.49. The molecule has 0 saturated heterocycles. The van der Waals surface area contributed by atoms with Gasteiger partial charge in [0.25, 0.3) is 0 Å². The van der Waals surface area contributed by atoms with Crippen molar-refractivity contribution in [1.29, 1.82) is 0 Å². The highest BCUT2D eigenvalue weighted by atomic mass is 16.5. The Morgan fingerprint density at radius 2 is 2.04 bits per heavy atom. The first kappa shape index (κ1) is 18.2. The molecule has 2 rings (SSSR count). The van der Waals surface area contributed by atoms with Crippen LogP contribution in [0.5, 0.6) is 0 Å². The number of benzene rings is 1. The standard InChI is InChI=1S/C19H26N2O3/c1-13(2)24-11-7-10-20-19-15-8-5-6-9-17(15)21-14(3)16(19)12-18(22)23-4/h5-6,8-9,13H,7,10-12H2,1-4H3,(H,20,21). The fourth-order valence-corrected chi connectivity index (χ4v) is 2.61. The Labute approximate surface area is 143 Å². The summed E-state index contributed by atoms with van der Waals surface area (Å²) in [7, 11) is 1.41. The van der Waals surface area contributed by atoms with E-state index in [2.05, 4.69) is 10.3 Å². The van der Waals surface area contributed by atoms with Gasteiger partial charge in [-0.1, -0.05) is 18.2 Å². The van der Waals surface area contributed by atoms with E-state index in [1.807, 2.05) is 45.0 Å². The van der Waals surface area contributed by atoms with Gasteiger partial charge >= 0.3 is 5.97 Å². The van der Waals surface area contributed by atoms with Crippen LogP contribution >= 0.6 is 0 Å².